The largest absolute Gasteiger partial charge is 0.497 e. The molecule has 1 N–H and O–H groups in total. The SMILES string of the molecule is CCc1ccccc1/C(C)=N/Nc1ccc(OC)cc1. The molecule has 0 atom stereocenters. The van der Waals surface area contributed by atoms with Gasteiger partial charge in [0.15, 0.2) is 0 Å². The molecular weight excluding hydrogens is 248 g/mol. The van der Waals surface area contributed by atoms with Gasteiger partial charge in [-0.3, -0.25) is 5.43 Å². The summed E-state index contributed by atoms with van der Waals surface area (Å²) in [5.41, 5.74) is 7.51. The fourth-order valence-corrected chi connectivity index (χ4v) is 2.06. The van der Waals surface area contributed by atoms with Crippen molar-refractivity contribution in [2.45, 2.75) is 20.3 Å². The normalized spacial score (nSPS) is 11.2. The number of hydrogen-bond acceptors (Lipinski definition) is 3. The van der Waals surface area contributed by atoms with Gasteiger partial charge in [0.1, 0.15) is 5.75 Å². The van der Waals surface area contributed by atoms with Crippen LogP contribution in [0.25, 0.3) is 0 Å². The van der Waals surface area contributed by atoms with Gasteiger partial charge in [-0.25, -0.2) is 0 Å². The lowest BCUT2D eigenvalue weighted by atomic mass is 10.0. The Hall–Kier alpha value is -2.29. The first-order valence-corrected chi connectivity index (χ1v) is 6.77. The average Bonchev–Trinajstić information content (AvgIpc) is 2.53. The first-order chi connectivity index (χ1) is 9.74. The van der Waals surface area contributed by atoms with Gasteiger partial charge in [0.2, 0.25) is 0 Å². The van der Waals surface area contributed by atoms with Gasteiger partial charge < -0.3 is 4.74 Å². The van der Waals surface area contributed by atoms with Gasteiger partial charge in [0.05, 0.1) is 18.5 Å². The van der Waals surface area contributed by atoms with E-state index < -0.39 is 0 Å². The van der Waals surface area contributed by atoms with Crippen molar-refractivity contribution >= 4 is 11.4 Å². The van der Waals surface area contributed by atoms with Crippen LogP contribution in [0.3, 0.4) is 0 Å². The standard InChI is InChI=1S/C17H20N2O/c1-4-14-7-5-6-8-17(14)13(2)18-19-15-9-11-16(20-3)12-10-15/h5-12,19H,4H2,1-3H3/b18-13+. The highest BCUT2D eigenvalue weighted by Gasteiger charge is 2.02. The Morgan fingerprint density at radius 2 is 1.80 bits per heavy atom. The van der Waals surface area contributed by atoms with Crippen LogP contribution in [0.5, 0.6) is 5.75 Å². The number of ether oxygens (including phenoxy) is 1. The summed E-state index contributed by atoms with van der Waals surface area (Å²) in [4.78, 5) is 0. The van der Waals surface area contributed by atoms with Crippen molar-refractivity contribution in [3.05, 3.63) is 59.7 Å². The van der Waals surface area contributed by atoms with Gasteiger partial charge in [-0.15, -0.1) is 0 Å². The lowest BCUT2D eigenvalue weighted by Crippen LogP contribution is -2.03. The summed E-state index contributed by atoms with van der Waals surface area (Å²) in [5, 5.41) is 4.45. The Balaban J connectivity index is 2.13. The van der Waals surface area contributed by atoms with Crippen LogP contribution in [-0.4, -0.2) is 12.8 Å². The van der Waals surface area contributed by atoms with Crippen molar-refractivity contribution < 1.29 is 4.74 Å². The fourth-order valence-electron chi connectivity index (χ4n) is 2.06. The van der Waals surface area contributed by atoms with E-state index in [0.717, 1.165) is 23.6 Å². The topological polar surface area (TPSA) is 33.6 Å². The van der Waals surface area contributed by atoms with Crippen LogP contribution in [0.15, 0.2) is 53.6 Å². The van der Waals surface area contributed by atoms with E-state index in [2.05, 4.69) is 35.7 Å². The number of aryl methyl sites for hydroxylation is 1. The monoisotopic (exact) mass is 268 g/mol. The molecule has 0 fully saturated rings. The van der Waals surface area contributed by atoms with Crippen molar-refractivity contribution in [1.82, 2.24) is 0 Å². The summed E-state index contributed by atoms with van der Waals surface area (Å²) < 4.78 is 5.13. The van der Waals surface area contributed by atoms with E-state index >= 15 is 0 Å². The third-order valence-electron chi connectivity index (χ3n) is 3.23. The van der Waals surface area contributed by atoms with Crippen molar-refractivity contribution in [2.75, 3.05) is 12.5 Å². The molecule has 0 aliphatic heterocycles. The zero-order chi connectivity index (χ0) is 14.4. The lowest BCUT2D eigenvalue weighted by molar-refractivity contribution is 0.415. The molecule has 20 heavy (non-hydrogen) atoms. The van der Waals surface area contributed by atoms with Crippen molar-refractivity contribution in [3.63, 3.8) is 0 Å². The number of hydrogen-bond donors (Lipinski definition) is 1. The predicted octanol–water partition coefficient (Wildman–Crippen LogP) is 4.09. The zero-order valence-electron chi connectivity index (χ0n) is 12.2. The molecule has 0 heterocycles. The Bertz CT molecular complexity index is 588. The third-order valence-corrected chi connectivity index (χ3v) is 3.23. The summed E-state index contributed by atoms with van der Waals surface area (Å²) in [6, 6.07) is 16.1. The molecule has 0 spiro atoms. The summed E-state index contributed by atoms with van der Waals surface area (Å²) in [6.07, 6.45) is 1.01. The molecule has 0 aliphatic rings. The highest BCUT2D eigenvalue weighted by atomic mass is 16.5. The second-order valence-corrected chi connectivity index (χ2v) is 4.55. The van der Waals surface area contributed by atoms with Gasteiger partial charge in [-0.2, -0.15) is 5.10 Å². The second kappa shape index (κ2) is 6.75. The van der Waals surface area contributed by atoms with E-state index in [1.54, 1.807) is 7.11 Å². The van der Waals surface area contributed by atoms with Crippen LogP contribution in [0.4, 0.5) is 5.69 Å². The number of anilines is 1. The number of benzene rings is 2. The summed E-state index contributed by atoms with van der Waals surface area (Å²) in [7, 11) is 1.66. The zero-order valence-corrected chi connectivity index (χ0v) is 12.2. The molecule has 0 saturated heterocycles. The maximum absolute atomic E-state index is 5.13. The average molecular weight is 268 g/mol. The van der Waals surface area contributed by atoms with E-state index in [1.165, 1.54) is 11.1 Å². The molecule has 0 amide bonds. The molecule has 0 bridgehead atoms. The molecule has 2 aromatic rings. The smallest absolute Gasteiger partial charge is 0.119 e. The molecule has 0 aliphatic carbocycles. The van der Waals surface area contributed by atoms with Crippen LogP contribution in [-0.2, 0) is 6.42 Å². The Kier molecular flexibility index (Phi) is 4.77. The molecule has 2 aromatic carbocycles. The quantitative estimate of drug-likeness (QED) is 0.654. The number of hydrazone groups is 1. The number of rotatable bonds is 5. The fraction of sp³-hybridized carbons (Fsp3) is 0.235. The highest BCUT2D eigenvalue weighted by molar-refractivity contribution is 6.00. The second-order valence-electron chi connectivity index (χ2n) is 4.55. The van der Waals surface area contributed by atoms with Crippen LogP contribution in [0.1, 0.15) is 25.0 Å². The molecule has 3 heteroatoms. The molecule has 104 valence electrons. The maximum atomic E-state index is 5.13. The van der Waals surface area contributed by atoms with Crippen LogP contribution in [0.2, 0.25) is 0 Å². The molecule has 0 saturated carbocycles. The van der Waals surface area contributed by atoms with Gasteiger partial charge in [0, 0.05) is 5.56 Å². The molecule has 3 nitrogen and oxygen atoms in total. The summed E-state index contributed by atoms with van der Waals surface area (Å²) in [5.74, 6) is 0.840. The van der Waals surface area contributed by atoms with E-state index in [0.29, 0.717) is 0 Å². The molecular formula is C17H20N2O. The van der Waals surface area contributed by atoms with Gasteiger partial charge in [-0.1, -0.05) is 31.2 Å². The highest BCUT2D eigenvalue weighted by Crippen LogP contribution is 2.16. The summed E-state index contributed by atoms with van der Waals surface area (Å²) in [6.45, 7) is 4.17. The van der Waals surface area contributed by atoms with Crippen molar-refractivity contribution in [2.24, 2.45) is 5.10 Å². The number of methoxy groups -OCH3 is 1. The summed E-state index contributed by atoms with van der Waals surface area (Å²) >= 11 is 0. The minimum absolute atomic E-state index is 0.840. The Morgan fingerprint density at radius 1 is 1.10 bits per heavy atom. The molecule has 2 rings (SSSR count). The molecule has 0 unspecified atom stereocenters. The minimum Gasteiger partial charge on any atom is -0.497 e. The van der Waals surface area contributed by atoms with Gasteiger partial charge in [-0.05, 0) is 43.2 Å². The Labute approximate surface area is 120 Å². The van der Waals surface area contributed by atoms with Gasteiger partial charge in [0.25, 0.3) is 0 Å². The third kappa shape index (κ3) is 3.38. The molecule has 0 radical (unpaired) electrons. The first-order valence-electron chi connectivity index (χ1n) is 6.77. The number of nitrogens with zero attached hydrogens (tertiary/aromatic N) is 1. The maximum Gasteiger partial charge on any atom is 0.119 e. The van der Waals surface area contributed by atoms with Gasteiger partial charge >= 0.3 is 0 Å². The Morgan fingerprint density at radius 3 is 2.45 bits per heavy atom. The molecule has 0 aromatic heterocycles. The van der Waals surface area contributed by atoms with E-state index in [-0.39, 0.29) is 0 Å². The van der Waals surface area contributed by atoms with Crippen LogP contribution >= 0.6 is 0 Å². The van der Waals surface area contributed by atoms with E-state index in [9.17, 15) is 0 Å². The van der Waals surface area contributed by atoms with Crippen LogP contribution in [0, 0.1) is 0 Å². The van der Waals surface area contributed by atoms with E-state index in [1.807, 2.05) is 37.3 Å². The predicted molar refractivity (Wildman–Crippen MR) is 84.6 cm³/mol. The van der Waals surface area contributed by atoms with Crippen molar-refractivity contribution in [3.8, 4) is 5.75 Å². The van der Waals surface area contributed by atoms with E-state index in [4.69, 9.17) is 4.74 Å². The number of nitrogens with one attached hydrogen (secondary N) is 1. The van der Waals surface area contributed by atoms with Crippen LogP contribution < -0.4 is 10.2 Å². The minimum atomic E-state index is 0.840. The lowest BCUT2D eigenvalue weighted by Gasteiger charge is -2.08. The first kappa shape index (κ1) is 14.1. The van der Waals surface area contributed by atoms with Crippen molar-refractivity contribution in [1.29, 1.82) is 0 Å².